The number of anilines is 1. The molecule has 0 fully saturated rings. The summed E-state index contributed by atoms with van der Waals surface area (Å²) in [6.07, 6.45) is 5.21. The van der Waals surface area contributed by atoms with Crippen LogP contribution in [0.2, 0.25) is 0 Å². The minimum Gasteiger partial charge on any atom is -0.383 e. The third-order valence-corrected chi connectivity index (χ3v) is 3.16. The topological polar surface area (TPSA) is 69.1 Å². The molecule has 19 heavy (non-hydrogen) atoms. The van der Waals surface area contributed by atoms with Crippen LogP contribution in [0.5, 0.6) is 0 Å². The Labute approximate surface area is 111 Å². The second-order valence-corrected chi connectivity index (χ2v) is 4.74. The van der Waals surface area contributed by atoms with E-state index in [-0.39, 0.29) is 5.92 Å². The average molecular weight is 253 g/mol. The molecule has 0 radical (unpaired) electrons. The summed E-state index contributed by atoms with van der Waals surface area (Å²) in [6.45, 7) is 4.18. The molecule has 0 bridgehead atoms. The van der Waals surface area contributed by atoms with Gasteiger partial charge in [-0.15, -0.1) is 0 Å². The Balaban J connectivity index is 2.33. The van der Waals surface area contributed by atoms with Crippen molar-refractivity contribution in [2.24, 2.45) is 0 Å². The number of imidazole rings is 1. The molecule has 2 N–H and O–H groups in total. The van der Waals surface area contributed by atoms with Gasteiger partial charge in [0.15, 0.2) is 0 Å². The first-order valence-corrected chi connectivity index (χ1v) is 6.21. The SMILES string of the molecule is CC(C)c1c(N)ncnc1-c1cccc2nccn12. The van der Waals surface area contributed by atoms with Crippen LogP contribution in [0.1, 0.15) is 25.3 Å². The summed E-state index contributed by atoms with van der Waals surface area (Å²) >= 11 is 0. The van der Waals surface area contributed by atoms with Gasteiger partial charge in [0.25, 0.3) is 0 Å². The molecule has 96 valence electrons. The van der Waals surface area contributed by atoms with Crippen molar-refractivity contribution in [2.45, 2.75) is 19.8 Å². The number of hydrogen-bond donors (Lipinski definition) is 1. The van der Waals surface area contributed by atoms with Gasteiger partial charge in [-0.25, -0.2) is 15.0 Å². The lowest BCUT2D eigenvalue weighted by Gasteiger charge is -2.14. The van der Waals surface area contributed by atoms with Crippen LogP contribution < -0.4 is 5.73 Å². The van der Waals surface area contributed by atoms with Crippen molar-refractivity contribution >= 4 is 11.5 Å². The lowest BCUT2D eigenvalue weighted by Crippen LogP contribution is -2.05. The van der Waals surface area contributed by atoms with Gasteiger partial charge in [-0.3, -0.25) is 4.40 Å². The number of hydrogen-bond acceptors (Lipinski definition) is 4. The molecule has 0 saturated heterocycles. The number of rotatable bonds is 2. The van der Waals surface area contributed by atoms with Crippen LogP contribution in [-0.4, -0.2) is 19.4 Å². The molecule has 0 saturated carbocycles. The minimum atomic E-state index is 0.259. The molecule has 5 nitrogen and oxygen atoms in total. The van der Waals surface area contributed by atoms with Gasteiger partial charge < -0.3 is 5.73 Å². The fraction of sp³-hybridized carbons (Fsp3) is 0.214. The van der Waals surface area contributed by atoms with Crippen molar-refractivity contribution in [1.82, 2.24) is 19.4 Å². The van der Waals surface area contributed by atoms with Crippen LogP contribution in [0, 0.1) is 0 Å². The second-order valence-electron chi connectivity index (χ2n) is 4.74. The van der Waals surface area contributed by atoms with Crippen LogP contribution in [-0.2, 0) is 0 Å². The van der Waals surface area contributed by atoms with E-state index in [1.807, 2.05) is 28.8 Å². The number of aromatic nitrogens is 4. The maximum Gasteiger partial charge on any atom is 0.137 e. The van der Waals surface area contributed by atoms with Gasteiger partial charge in [-0.2, -0.15) is 0 Å². The van der Waals surface area contributed by atoms with Crippen LogP contribution in [0.25, 0.3) is 17.0 Å². The summed E-state index contributed by atoms with van der Waals surface area (Å²) in [5.41, 5.74) is 9.72. The van der Waals surface area contributed by atoms with Gasteiger partial charge in [0.05, 0.1) is 11.4 Å². The van der Waals surface area contributed by atoms with Crippen LogP contribution in [0.4, 0.5) is 5.82 Å². The Morgan fingerprint density at radius 3 is 2.79 bits per heavy atom. The number of fused-ring (bicyclic) bond motifs is 1. The van der Waals surface area contributed by atoms with E-state index >= 15 is 0 Å². The Hall–Kier alpha value is -2.43. The summed E-state index contributed by atoms with van der Waals surface area (Å²) in [6, 6.07) is 5.95. The molecule has 3 aromatic heterocycles. The first kappa shape index (κ1) is 11.6. The largest absolute Gasteiger partial charge is 0.383 e. The Kier molecular flexibility index (Phi) is 2.67. The number of pyridine rings is 1. The highest BCUT2D eigenvalue weighted by Gasteiger charge is 2.16. The lowest BCUT2D eigenvalue weighted by atomic mass is 10.00. The first-order valence-electron chi connectivity index (χ1n) is 6.21. The standard InChI is InChI=1S/C14H15N5/c1-9(2)12-13(17-8-18-14(12)15)10-4-3-5-11-16-6-7-19(10)11/h3-9H,1-2H3,(H2,15,17,18). The second kappa shape index (κ2) is 4.35. The Morgan fingerprint density at radius 2 is 2.00 bits per heavy atom. The average Bonchev–Trinajstić information content (AvgIpc) is 2.85. The van der Waals surface area contributed by atoms with E-state index in [4.69, 9.17) is 5.73 Å². The van der Waals surface area contributed by atoms with Crippen molar-refractivity contribution in [2.75, 3.05) is 5.73 Å². The Bertz CT molecular complexity index is 730. The van der Waals surface area contributed by atoms with Gasteiger partial charge in [0.1, 0.15) is 17.8 Å². The van der Waals surface area contributed by atoms with Crippen molar-refractivity contribution in [1.29, 1.82) is 0 Å². The van der Waals surface area contributed by atoms with Gasteiger partial charge in [-0.1, -0.05) is 19.9 Å². The number of nitrogens with zero attached hydrogens (tertiary/aromatic N) is 4. The molecule has 3 rings (SSSR count). The zero-order valence-electron chi connectivity index (χ0n) is 10.9. The summed E-state index contributed by atoms with van der Waals surface area (Å²) < 4.78 is 2.01. The van der Waals surface area contributed by atoms with Crippen molar-refractivity contribution in [3.8, 4) is 11.4 Å². The van der Waals surface area contributed by atoms with Gasteiger partial charge in [-0.05, 0) is 18.1 Å². The van der Waals surface area contributed by atoms with Crippen molar-refractivity contribution in [3.63, 3.8) is 0 Å². The van der Waals surface area contributed by atoms with E-state index < -0.39 is 0 Å². The molecule has 0 aromatic carbocycles. The molecule has 0 aliphatic rings. The highest BCUT2D eigenvalue weighted by Crippen LogP contribution is 2.30. The smallest absolute Gasteiger partial charge is 0.137 e. The summed E-state index contributed by atoms with van der Waals surface area (Å²) in [5.74, 6) is 0.798. The van der Waals surface area contributed by atoms with E-state index in [1.54, 1.807) is 6.20 Å². The van der Waals surface area contributed by atoms with E-state index in [2.05, 4.69) is 28.8 Å². The van der Waals surface area contributed by atoms with Gasteiger partial charge in [0.2, 0.25) is 0 Å². The zero-order chi connectivity index (χ0) is 13.4. The van der Waals surface area contributed by atoms with Gasteiger partial charge >= 0.3 is 0 Å². The zero-order valence-corrected chi connectivity index (χ0v) is 10.9. The first-order chi connectivity index (χ1) is 9.18. The molecule has 0 atom stereocenters. The third kappa shape index (κ3) is 1.83. The summed E-state index contributed by atoms with van der Waals surface area (Å²) in [5, 5.41) is 0. The maximum atomic E-state index is 6.00. The molecule has 0 aliphatic heterocycles. The van der Waals surface area contributed by atoms with E-state index in [1.165, 1.54) is 6.33 Å². The molecular formula is C14H15N5. The van der Waals surface area contributed by atoms with Gasteiger partial charge in [0, 0.05) is 18.0 Å². The van der Waals surface area contributed by atoms with E-state index in [9.17, 15) is 0 Å². The predicted molar refractivity (Wildman–Crippen MR) is 74.7 cm³/mol. The highest BCUT2D eigenvalue weighted by molar-refractivity contribution is 5.68. The van der Waals surface area contributed by atoms with Crippen molar-refractivity contribution in [3.05, 3.63) is 42.5 Å². The van der Waals surface area contributed by atoms with Crippen LogP contribution in [0.15, 0.2) is 36.9 Å². The highest BCUT2D eigenvalue weighted by atomic mass is 15.0. The Morgan fingerprint density at radius 1 is 1.16 bits per heavy atom. The molecule has 0 aliphatic carbocycles. The fourth-order valence-corrected chi connectivity index (χ4v) is 2.32. The normalized spacial score (nSPS) is 11.3. The minimum absolute atomic E-state index is 0.259. The molecule has 0 amide bonds. The molecule has 0 spiro atoms. The number of nitrogen functional groups attached to an aromatic ring is 1. The summed E-state index contributed by atoms with van der Waals surface area (Å²) in [7, 11) is 0. The van der Waals surface area contributed by atoms with Crippen molar-refractivity contribution < 1.29 is 0 Å². The summed E-state index contributed by atoms with van der Waals surface area (Å²) in [4.78, 5) is 12.8. The maximum absolute atomic E-state index is 6.00. The molecular weight excluding hydrogens is 238 g/mol. The van der Waals surface area contributed by atoms with Crippen LogP contribution >= 0.6 is 0 Å². The van der Waals surface area contributed by atoms with Crippen LogP contribution in [0.3, 0.4) is 0 Å². The fourth-order valence-electron chi connectivity index (χ4n) is 2.32. The molecule has 3 heterocycles. The monoisotopic (exact) mass is 253 g/mol. The molecule has 3 aromatic rings. The van der Waals surface area contributed by atoms with E-state index in [0.717, 1.165) is 22.6 Å². The number of nitrogens with two attached hydrogens (primary N) is 1. The quantitative estimate of drug-likeness (QED) is 0.761. The van der Waals surface area contributed by atoms with E-state index in [0.29, 0.717) is 5.82 Å². The third-order valence-electron chi connectivity index (χ3n) is 3.16. The lowest BCUT2D eigenvalue weighted by molar-refractivity contribution is 0.852. The molecule has 0 unspecified atom stereocenters. The molecule has 5 heteroatoms. The predicted octanol–water partition coefficient (Wildman–Crippen LogP) is 2.50.